The Labute approximate surface area is 183 Å². The normalized spacial score (nSPS) is 11.3. The van der Waals surface area contributed by atoms with Gasteiger partial charge in [-0.3, -0.25) is 4.98 Å². The van der Waals surface area contributed by atoms with E-state index in [9.17, 15) is 0 Å². The van der Waals surface area contributed by atoms with Crippen LogP contribution >= 0.6 is 24.0 Å². The summed E-state index contributed by atoms with van der Waals surface area (Å²) in [6.07, 6.45) is 4.08. The third kappa shape index (κ3) is 5.63. The maximum absolute atomic E-state index is 4.78. The summed E-state index contributed by atoms with van der Waals surface area (Å²) in [4.78, 5) is 9.20. The Morgan fingerprint density at radius 1 is 1.14 bits per heavy atom. The number of hydrogen-bond acceptors (Lipinski definition) is 4. The molecule has 0 radical (unpaired) electrons. The molecule has 3 aromatic rings. The lowest BCUT2D eigenvalue weighted by Crippen LogP contribution is -2.38. The van der Waals surface area contributed by atoms with E-state index in [0.717, 1.165) is 53.5 Å². The average Bonchev–Trinajstić information content (AvgIpc) is 3.02. The van der Waals surface area contributed by atoms with Crippen LogP contribution in [0.1, 0.15) is 37.0 Å². The van der Waals surface area contributed by atoms with Crippen LogP contribution in [0.3, 0.4) is 0 Å². The standard InChI is InChI=1S/C20H27N7.HI/c1-4-5-11-22-20(24-14-19-26-25-15(2)27(19)3)23-13-16-10-12-21-18-9-7-6-8-17(16)18;/h6-10,12H,4-5,11,13-14H2,1-3H3,(H2,22,23,24);1H. The van der Waals surface area contributed by atoms with Crippen molar-refractivity contribution in [2.24, 2.45) is 12.0 Å². The van der Waals surface area contributed by atoms with Crippen LogP contribution in [0, 0.1) is 6.92 Å². The van der Waals surface area contributed by atoms with E-state index in [1.54, 1.807) is 0 Å². The number of guanidine groups is 1. The second kappa shape index (κ2) is 10.9. The van der Waals surface area contributed by atoms with Crippen molar-refractivity contribution in [1.82, 2.24) is 30.4 Å². The smallest absolute Gasteiger partial charge is 0.191 e. The van der Waals surface area contributed by atoms with Crippen molar-refractivity contribution in [3.63, 3.8) is 0 Å². The summed E-state index contributed by atoms with van der Waals surface area (Å²) in [7, 11) is 1.97. The topological polar surface area (TPSA) is 80.0 Å². The molecule has 0 fully saturated rings. The molecule has 0 atom stereocenters. The molecule has 0 spiro atoms. The second-order valence-corrected chi connectivity index (χ2v) is 6.51. The van der Waals surface area contributed by atoms with E-state index in [0.29, 0.717) is 13.1 Å². The molecule has 150 valence electrons. The van der Waals surface area contributed by atoms with Crippen molar-refractivity contribution in [2.45, 2.75) is 39.8 Å². The second-order valence-electron chi connectivity index (χ2n) is 6.51. The molecular formula is C20H28IN7. The van der Waals surface area contributed by atoms with E-state index in [4.69, 9.17) is 4.99 Å². The monoisotopic (exact) mass is 493 g/mol. The fourth-order valence-electron chi connectivity index (χ4n) is 2.78. The van der Waals surface area contributed by atoms with Crippen LogP contribution in [0.5, 0.6) is 0 Å². The number of unbranched alkanes of at least 4 members (excludes halogenated alkanes) is 1. The largest absolute Gasteiger partial charge is 0.356 e. The highest BCUT2D eigenvalue weighted by molar-refractivity contribution is 14.0. The van der Waals surface area contributed by atoms with Gasteiger partial charge in [-0.1, -0.05) is 31.5 Å². The van der Waals surface area contributed by atoms with Gasteiger partial charge in [0, 0.05) is 25.2 Å². The number of aryl methyl sites for hydroxylation is 1. The minimum absolute atomic E-state index is 0. The lowest BCUT2D eigenvalue weighted by atomic mass is 10.1. The Morgan fingerprint density at radius 3 is 2.71 bits per heavy atom. The first kappa shape index (κ1) is 22.1. The first-order valence-corrected chi connectivity index (χ1v) is 9.38. The van der Waals surface area contributed by atoms with Gasteiger partial charge in [-0.15, -0.1) is 34.2 Å². The molecule has 0 saturated carbocycles. The van der Waals surface area contributed by atoms with Crippen LogP contribution in [0.4, 0.5) is 0 Å². The van der Waals surface area contributed by atoms with Gasteiger partial charge in [0.2, 0.25) is 0 Å². The molecule has 7 nitrogen and oxygen atoms in total. The number of halogens is 1. The van der Waals surface area contributed by atoms with Crippen molar-refractivity contribution in [2.75, 3.05) is 6.54 Å². The summed E-state index contributed by atoms with van der Waals surface area (Å²) in [5.74, 6) is 2.56. The quantitative estimate of drug-likeness (QED) is 0.229. The molecule has 0 bridgehead atoms. The predicted molar refractivity (Wildman–Crippen MR) is 124 cm³/mol. The molecule has 8 heteroatoms. The zero-order valence-corrected chi connectivity index (χ0v) is 19.0. The number of fused-ring (bicyclic) bond motifs is 1. The highest BCUT2D eigenvalue weighted by Gasteiger charge is 2.07. The van der Waals surface area contributed by atoms with Gasteiger partial charge >= 0.3 is 0 Å². The molecule has 0 aliphatic heterocycles. The number of pyridine rings is 1. The minimum Gasteiger partial charge on any atom is -0.356 e. The number of benzene rings is 1. The van der Waals surface area contributed by atoms with Gasteiger partial charge in [-0.25, -0.2) is 4.99 Å². The summed E-state index contributed by atoms with van der Waals surface area (Å²) < 4.78 is 1.98. The lowest BCUT2D eigenvalue weighted by molar-refractivity contribution is 0.695. The zero-order chi connectivity index (χ0) is 19.1. The van der Waals surface area contributed by atoms with Crippen LogP contribution in [0.2, 0.25) is 0 Å². The lowest BCUT2D eigenvalue weighted by Gasteiger charge is -2.12. The van der Waals surface area contributed by atoms with E-state index in [1.807, 2.05) is 49.0 Å². The molecule has 0 amide bonds. The Bertz CT molecular complexity index is 915. The minimum atomic E-state index is 0. The van der Waals surface area contributed by atoms with Crippen LogP contribution in [-0.2, 0) is 20.1 Å². The van der Waals surface area contributed by atoms with Crippen molar-refractivity contribution >= 4 is 40.8 Å². The van der Waals surface area contributed by atoms with Gasteiger partial charge in [0.1, 0.15) is 5.82 Å². The Morgan fingerprint density at radius 2 is 1.96 bits per heavy atom. The number of hydrogen-bond donors (Lipinski definition) is 2. The molecule has 0 aliphatic rings. The summed E-state index contributed by atoms with van der Waals surface area (Å²) in [5, 5.41) is 16.2. The predicted octanol–water partition coefficient (Wildman–Crippen LogP) is 3.33. The van der Waals surface area contributed by atoms with Gasteiger partial charge in [-0.05, 0) is 31.0 Å². The molecule has 0 aliphatic carbocycles. The first-order chi connectivity index (χ1) is 13.2. The number of nitrogens with zero attached hydrogens (tertiary/aromatic N) is 5. The Kier molecular flexibility index (Phi) is 8.62. The number of para-hydroxylation sites is 1. The van der Waals surface area contributed by atoms with Crippen LogP contribution in [0.15, 0.2) is 41.5 Å². The van der Waals surface area contributed by atoms with Gasteiger partial charge in [0.25, 0.3) is 0 Å². The molecular weight excluding hydrogens is 465 g/mol. The zero-order valence-electron chi connectivity index (χ0n) is 16.6. The third-order valence-electron chi connectivity index (χ3n) is 4.57. The van der Waals surface area contributed by atoms with Crippen molar-refractivity contribution in [3.05, 3.63) is 53.7 Å². The maximum Gasteiger partial charge on any atom is 0.191 e. The van der Waals surface area contributed by atoms with Gasteiger partial charge in [-0.2, -0.15) is 0 Å². The number of nitrogens with one attached hydrogen (secondary N) is 2. The maximum atomic E-state index is 4.78. The van der Waals surface area contributed by atoms with Gasteiger partial charge in [0.05, 0.1) is 18.6 Å². The highest BCUT2D eigenvalue weighted by Crippen LogP contribution is 2.16. The molecule has 3 rings (SSSR count). The number of aliphatic imine (C=N–C) groups is 1. The van der Waals surface area contributed by atoms with Crippen LogP contribution in [0.25, 0.3) is 10.9 Å². The summed E-state index contributed by atoms with van der Waals surface area (Å²) >= 11 is 0. The number of rotatable bonds is 7. The molecule has 28 heavy (non-hydrogen) atoms. The van der Waals surface area contributed by atoms with Crippen LogP contribution < -0.4 is 10.6 Å². The van der Waals surface area contributed by atoms with E-state index in [2.05, 4.69) is 38.8 Å². The van der Waals surface area contributed by atoms with Crippen molar-refractivity contribution < 1.29 is 0 Å². The highest BCUT2D eigenvalue weighted by atomic mass is 127. The van der Waals surface area contributed by atoms with Gasteiger partial charge < -0.3 is 15.2 Å². The molecule has 2 aromatic heterocycles. The average molecular weight is 493 g/mol. The van der Waals surface area contributed by atoms with E-state index in [-0.39, 0.29) is 24.0 Å². The third-order valence-corrected chi connectivity index (χ3v) is 4.57. The molecule has 1 aromatic carbocycles. The van der Waals surface area contributed by atoms with E-state index in [1.165, 1.54) is 0 Å². The first-order valence-electron chi connectivity index (χ1n) is 9.38. The van der Waals surface area contributed by atoms with Crippen molar-refractivity contribution in [3.8, 4) is 0 Å². The summed E-state index contributed by atoms with van der Waals surface area (Å²) in [6, 6.07) is 10.2. The van der Waals surface area contributed by atoms with Crippen LogP contribution in [-0.4, -0.2) is 32.3 Å². The van der Waals surface area contributed by atoms with E-state index >= 15 is 0 Å². The SMILES string of the molecule is CCCCNC(=NCc1ccnc2ccccc12)NCc1nnc(C)n1C.I. The fourth-order valence-corrected chi connectivity index (χ4v) is 2.78. The van der Waals surface area contributed by atoms with Gasteiger partial charge in [0.15, 0.2) is 11.8 Å². The molecule has 0 saturated heterocycles. The molecule has 2 heterocycles. The Balaban J connectivity index is 0.00000280. The number of aromatic nitrogens is 4. The Hall–Kier alpha value is -2.23. The van der Waals surface area contributed by atoms with E-state index < -0.39 is 0 Å². The summed E-state index contributed by atoms with van der Waals surface area (Å²) in [6.45, 7) is 6.17. The molecule has 0 unspecified atom stereocenters. The molecule has 2 N–H and O–H groups in total. The van der Waals surface area contributed by atoms with Crippen molar-refractivity contribution in [1.29, 1.82) is 0 Å². The summed E-state index contributed by atoms with van der Waals surface area (Å²) in [5.41, 5.74) is 2.15. The fraction of sp³-hybridized carbons (Fsp3) is 0.400.